The molecule has 0 unspecified atom stereocenters. The molecule has 2 fully saturated rings. The molecule has 24 heavy (non-hydrogen) atoms. The first-order chi connectivity index (χ1) is 11.3. The van der Waals surface area contributed by atoms with Gasteiger partial charge in [-0.25, -0.2) is 13.1 Å². The number of aromatic nitrogens is 2. The lowest BCUT2D eigenvalue weighted by Crippen LogP contribution is -2.41. The first-order valence-electron chi connectivity index (χ1n) is 8.84. The van der Waals surface area contributed by atoms with Gasteiger partial charge in [-0.3, -0.25) is 4.90 Å². The van der Waals surface area contributed by atoms with Gasteiger partial charge in [0.2, 0.25) is 15.9 Å². The molecule has 0 radical (unpaired) electrons. The van der Waals surface area contributed by atoms with E-state index in [1.165, 1.54) is 19.1 Å². The van der Waals surface area contributed by atoms with Gasteiger partial charge in [-0.05, 0) is 24.7 Å². The number of hydrogen-bond acceptors (Lipinski definition) is 6. The zero-order valence-corrected chi connectivity index (χ0v) is 15.6. The van der Waals surface area contributed by atoms with Crippen LogP contribution in [0.3, 0.4) is 0 Å². The van der Waals surface area contributed by atoms with E-state index in [1.807, 2.05) is 0 Å². The summed E-state index contributed by atoms with van der Waals surface area (Å²) in [6.45, 7) is 6.41. The lowest BCUT2D eigenvalue weighted by molar-refractivity contribution is 0.282. The number of rotatable bonds is 6. The smallest absolute Gasteiger partial charge is 0.229 e. The first kappa shape index (κ1) is 17.8. The SMILES string of the molecule is CC(C)[C@H]1CN(Cc2noc(C3CCCC3)n2)C[C@@H]1NS(C)(=O)=O. The van der Waals surface area contributed by atoms with Crippen LogP contribution in [0, 0.1) is 11.8 Å². The molecule has 2 aliphatic rings. The van der Waals surface area contributed by atoms with Crippen molar-refractivity contribution in [2.75, 3.05) is 19.3 Å². The summed E-state index contributed by atoms with van der Waals surface area (Å²) >= 11 is 0. The fourth-order valence-corrected chi connectivity index (χ4v) is 4.79. The highest BCUT2D eigenvalue weighted by Gasteiger charge is 2.36. The highest BCUT2D eigenvalue weighted by Crippen LogP contribution is 2.33. The van der Waals surface area contributed by atoms with Crippen LogP contribution in [0.25, 0.3) is 0 Å². The van der Waals surface area contributed by atoms with Crippen molar-refractivity contribution in [3.05, 3.63) is 11.7 Å². The molecule has 3 rings (SSSR count). The number of nitrogens with one attached hydrogen (secondary N) is 1. The van der Waals surface area contributed by atoms with Gasteiger partial charge in [-0.1, -0.05) is 31.8 Å². The molecule has 0 aromatic carbocycles. The minimum absolute atomic E-state index is 0.0544. The van der Waals surface area contributed by atoms with Crippen LogP contribution < -0.4 is 4.72 Å². The molecule has 1 aromatic rings. The summed E-state index contributed by atoms with van der Waals surface area (Å²) in [4.78, 5) is 6.79. The fraction of sp³-hybridized carbons (Fsp3) is 0.875. The summed E-state index contributed by atoms with van der Waals surface area (Å²) in [5, 5.41) is 4.13. The Morgan fingerprint density at radius 3 is 2.62 bits per heavy atom. The van der Waals surface area contributed by atoms with Gasteiger partial charge in [0.05, 0.1) is 12.8 Å². The average Bonchev–Trinajstić information content (AvgIpc) is 3.17. The Balaban J connectivity index is 1.63. The van der Waals surface area contributed by atoms with Gasteiger partial charge in [-0.2, -0.15) is 4.98 Å². The van der Waals surface area contributed by atoms with E-state index < -0.39 is 10.0 Å². The minimum atomic E-state index is -3.20. The Kier molecular flexibility index (Phi) is 5.27. The van der Waals surface area contributed by atoms with Crippen LogP contribution in [0.1, 0.15) is 57.2 Å². The summed E-state index contributed by atoms with van der Waals surface area (Å²) < 4.78 is 31.4. The Hall–Kier alpha value is -0.990. The molecule has 2 heterocycles. The van der Waals surface area contributed by atoms with Gasteiger partial charge in [0, 0.05) is 25.0 Å². The molecular formula is C16H28N4O3S. The van der Waals surface area contributed by atoms with Crippen LogP contribution in [-0.2, 0) is 16.6 Å². The zero-order valence-electron chi connectivity index (χ0n) is 14.7. The Bertz CT molecular complexity index is 652. The second-order valence-corrected chi connectivity index (χ2v) is 9.41. The lowest BCUT2D eigenvalue weighted by Gasteiger charge is -2.21. The quantitative estimate of drug-likeness (QED) is 0.835. The third-order valence-electron chi connectivity index (χ3n) is 5.22. The number of sulfonamides is 1. The predicted molar refractivity (Wildman–Crippen MR) is 90.9 cm³/mol. The van der Waals surface area contributed by atoms with Crippen molar-refractivity contribution in [1.82, 2.24) is 19.8 Å². The van der Waals surface area contributed by atoms with Crippen molar-refractivity contribution in [3.8, 4) is 0 Å². The average molecular weight is 356 g/mol. The highest BCUT2D eigenvalue weighted by molar-refractivity contribution is 7.88. The number of hydrogen-bond donors (Lipinski definition) is 1. The van der Waals surface area contributed by atoms with Crippen molar-refractivity contribution < 1.29 is 12.9 Å². The van der Waals surface area contributed by atoms with Crippen LogP contribution in [0.15, 0.2) is 4.52 Å². The van der Waals surface area contributed by atoms with Crippen molar-refractivity contribution in [1.29, 1.82) is 0 Å². The van der Waals surface area contributed by atoms with Crippen LogP contribution in [0.5, 0.6) is 0 Å². The summed E-state index contributed by atoms with van der Waals surface area (Å²) in [5.41, 5.74) is 0. The van der Waals surface area contributed by atoms with Crippen LogP contribution in [-0.4, -0.2) is 48.8 Å². The molecule has 0 spiro atoms. The second kappa shape index (κ2) is 7.09. The van der Waals surface area contributed by atoms with Crippen molar-refractivity contribution in [2.24, 2.45) is 11.8 Å². The van der Waals surface area contributed by atoms with E-state index in [-0.39, 0.29) is 6.04 Å². The van der Waals surface area contributed by atoms with E-state index in [0.717, 1.165) is 25.3 Å². The molecule has 136 valence electrons. The molecule has 7 nitrogen and oxygen atoms in total. The predicted octanol–water partition coefficient (Wildman–Crippen LogP) is 1.73. The molecule has 8 heteroatoms. The first-order valence-corrected chi connectivity index (χ1v) is 10.7. The van der Waals surface area contributed by atoms with Gasteiger partial charge in [0.1, 0.15) is 0 Å². The lowest BCUT2D eigenvalue weighted by atomic mass is 9.92. The third-order valence-corrected chi connectivity index (χ3v) is 5.95. The van der Waals surface area contributed by atoms with Gasteiger partial charge < -0.3 is 4.52 Å². The van der Waals surface area contributed by atoms with Crippen molar-refractivity contribution >= 4 is 10.0 Å². The monoisotopic (exact) mass is 356 g/mol. The van der Waals surface area contributed by atoms with Crippen LogP contribution in [0.2, 0.25) is 0 Å². The number of nitrogens with zero attached hydrogens (tertiary/aromatic N) is 3. The Morgan fingerprint density at radius 2 is 2.00 bits per heavy atom. The molecule has 0 bridgehead atoms. The van der Waals surface area contributed by atoms with E-state index in [0.29, 0.717) is 36.7 Å². The van der Waals surface area contributed by atoms with E-state index in [9.17, 15) is 8.42 Å². The van der Waals surface area contributed by atoms with Crippen LogP contribution >= 0.6 is 0 Å². The molecular weight excluding hydrogens is 328 g/mol. The molecule has 1 aromatic heterocycles. The molecule has 1 saturated heterocycles. The maximum atomic E-state index is 11.6. The summed E-state index contributed by atoms with van der Waals surface area (Å²) in [6, 6.07) is -0.0544. The maximum absolute atomic E-state index is 11.6. The van der Waals surface area contributed by atoms with Gasteiger partial charge in [0.15, 0.2) is 5.82 Å². The molecule has 1 aliphatic heterocycles. The Labute approximate surface area is 144 Å². The normalized spacial score (nSPS) is 26.7. The minimum Gasteiger partial charge on any atom is -0.339 e. The standard InChI is InChI=1S/C16H28N4O3S/c1-11(2)13-8-20(9-14(13)19-24(3,21)22)10-15-17-16(23-18-15)12-6-4-5-7-12/h11-14,19H,4-10H2,1-3H3/t13-,14+/m1/s1. The summed E-state index contributed by atoms with van der Waals surface area (Å²) in [7, 11) is -3.20. The van der Waals surface area contributed by atoms with Crippen molar-refractivity contribution in [2.45, 2.75) is 58.0 Å². The van der Waals surface area contributed by atoms with E-state index in [1.54, 1.807) is 0 Å². The molecule has 1 aliphatic carbocycles. The zero-order chi connectivity index (χ0) is 17.3. The molecule has 1 saturated carbocycles. The van der Waals surface area contributed by atoms with Crippen LogP contribution in [0.4, 0.5) is 0 Å². The topological polar surface area (TPSA) is 88.3 Å². The van der Waals surface area contributed by atoms with Gasteiger partial charge in [-0.15, -0.1) is 0 Å². The van der Waals surface area contributed by atoms with E-state index in [4.69, 9.17) is 4.52 Å². The molecule has 1 N–H and O–H groups in total. The number of likely N-dealkylation sites (tertiary alicyclic amines) is 1. The van der Waals surface area contributed by atoms with Gasteiger partial charge >= 0.3 is 0 Å². The maximum Gasteiger partial charge on any atom is 0.229 e. The van der Waals surface area contributed by atoms with E-state index in [2.05, 4.69) is 33.6 Å². The second-order valence-electron chi connectivity index (χ2n) is 7.63. The van der Waals surface area contributed by atoms with Crippen molar-refractivity contribution in [3.63, 3.8) is 0 Å². The largest absolute Gasteiger partial charge is 0.339 e. The fourth-order valence-electron chi connectivity index (χ4n) is 3.99. The third kappa shape index (κ3) is 4.34. The van der Waals surface area contributed by atoms with E-state index >= 15 is 0 Å². The highest BCUT2D eigenvalue weighted by atomic mass is 32.2. The van der Waals surface area contributed by atoms with Gasteiger partial charge in [0.25, 0.3) is 0 Å². The Morgan fingerprint density at radius 1 is 1.29 bits per heavy atom. The summed E-state index contributed by atoms with van der Waals surface area (Å²) in [6.07, 6.45) is 5.98. The molecule has 0 amide bonds. The summed E-state index contributed by atoms with van der Waals surface area (Å²) in [5.74, 6) is 2.61. The molecule has 2 atom stereocenters.